The van der Waals surface area contributed by atoms with Gasteiger partial charge in [-0.05, 0) is 56.5 Å². The Morgan fingerprint density at radius 3 is 2.65 bits per heavy atom. The number of rotatable bonds is 3. The van der Waals surface area contributed by atoms with Crippen LogP contribution in [0.2, 0.25) is 5.02 Å². The summed E-state index contributed by atoms with van der Waals surface area (Å²) >= 11 is 6.73. The highest BCUT2D eigenvalue weighted by Gasteiger charge is 2.64. The second kappa shape index (κ2) is 12.9. The summed E-state index contributed by atoms with van der Waals surface area (Å²) in [5.74, 6) is -1.26. The summed E-state index contributed by atoms with van der Waals surface area (Å²) in [4.78, 5) is 41.4. The standard InChI is InChI=1S/C35H43ClN2O8/c1-8-24-12-13-26(43-24)32(40)45-28-17-29(39)38(7)25-16-23(15-20(3)30(25)36)14-19(2)10-9-11-21(4)35(42)18-27(44-33(41)37-35)22(5)31-34(28,6)46-31/h9-13,15-16,21-22,27-28,31,42H,8,14,17-18H2,1-7H3,(H,37,41)/b11-9+,19-10+. The van der Waals surface area contributed by atoms with E-state index in [4.69, 9.17) is 30.2 Å². The van der Waals surface area contributed by atoms with Gasteiger partial charge in [-0.25, -0.2) is 9.59 Å². The van der Waals surface area contributed by atoms with E-state index in [2.05, 4.69) is 5.32 Å². The van der Waals surface area contributed by atoms with E-state index < -0.39 is 53.5 Å². The molecule has 0 saturated carbocycles. The average Bonchev–Trinajstić information content (AvgIpc) is 3.45. The van der Waals surface area contributed by atoms with Crippen molar-refractivity contribution in [3.8, 4) is 0 Å². The molecular formula is C35H43ClN2O8. The van der Waals surface area contributed by atoms with Gasteiger partial charge in [0.2, 0.25) is 11.7 Å². The third-order valence-electron chi connectivity index (χ3n) is 9.55. The van der Waals surface area contributed by atoms with E-state index in [0.717, 1.165) is 16.7 Å². The molecule has 2 fully saturated rings. The normalized spacial score (nSPS) is 33.6. The number of benzene rings is 1. The number of carbonyl (C=O) groups excluding carboxylic acids is 3. The van der Waals surface area contributed by atoms with Crippen LogP contribution in [0.15, 0.2) is 52.5 Å². The maximum Gasteiger partial charge on any atom is 0.409 e. The molecule has 248 valence electrons. The zero-order chi connectivity index (χ0) is 33.6. The van der Waals surface area contributed by atoms with E-state index in [9.17, 15) is 19.5 Å². The lowest BCUT2D eigenvalue weighted by Gasteiger charge is -2.41. The van der Waals surface area contributed by atoms with Crippen LogP contribution in [0.1, 0.15) is 74.9 Å². The van der Waals surface area contributed by atoms with Crippen molar-refractivity contribution in [1.29, 1.82) is 0 Å². The monoisotopic (exact) mass is 654 g/mol. The quantitative estimate of drug-likeness (QED) is 0.302. The third-order valence-corrected chi connectivity index (χ3v) is 10.0. The van der Waals surface area contributed by atoms with Crippen molar-refractivity contribution in [2.24, 2.45) is 11.8 Å². The number of aliphatic hydroxyl groups is 1. The molecule has 4 heterocycles. The summed E-state index contributed by atoms with van der Waals surface area (Å²) < 4.78 is 23.5. The number of carbonyl (C=O) groups is 3. The van der Waals surface area contributed by atoms with Crippen LogP contribution < -0.4 is 10.2 Å². The summed E-state index contributed by atoms with van der Waals surface area (Å²) in [6.07, 6.45) is 3.74. The molecule has 4 bridgehead atoms. The lowest BCUT2D eigenvalue weighted by atomic mass is 9.82. The fraction of sp³-hybridized carbons (Fsp3) is 0.514. The molecule has 2 saturated heterocycles. The van der Waals surface area contributed by atoms with Crippen LogP contribution in [0.25, 0.3) is 0 Å². The number of amides is 2. The minimum Gasteiger partial charge on any atom is -0.454 e. The number of aryl methyl sites for hydroxylation is 2. The molecule has 11 heteroatoms. The van der Waals surface area contributed by atoms with Crippen molar-refractivity contribution in [1.82, 2.24) is 5.32 Å². The van der Waals surface area contributed by atoms with Crippen LogP contribution >= 0.6 is 11.6 Å². The largest absolute Gasteiger partial charge is 0.454 e. The summed E-state index contributed by atoms with van der Waals surface area (Å²) in [7, 11) is 1.65. The predicted molar refractivity (Wildman–Crippen MR) is 173 cm³/mol. The lowest BCUT2D eigenvalue weighted by Crippen LogP contribution is -2.60. The maximum absolute atomic E-state index is 13.9. The topological polar surface area (TPSA) is 131 Å². The summed E-state index contributed by atoms with van der Waals surface area (Å²) in [6, 6.07) is 7.13. The number of nitrogens with zero attached hydrogens (tertiary/aromatic N) is 1. The first-order valence-electron chi connectivity index (χ1n) is 15.7. The van der Waals surface area contributed by atoms with Crippen molar-refractivity contribution in [3.63, 3.8) is 0 Å². The molecule has 0 aliphatic carbocycles. The number of fused-ring (bicyclic) bond motifs is 5. The van der Waals surface area contributed by atoms with Gasteiger partial charge in [0.25, 0.3) is 0 Å². The molecule has 0 spiro atoms. The highest BCUT2D eigenvalue weighted by Crippen LogP contribution is 2.49. The number of nitrogens with one attached hydrogen (secondary N) is 1. The van der Waals surface area contributed by atoms with E-state index in [1.807, 2.05) is 65.0 Å². The second-order valence-electron chi connectivity index (χ2n) is 13.1. The third kappa shape index (κ3) is 6.75. The Hall–Kier alpha value is -3.60. The first kappa shape index (κ1) is 33.8. The highest BCUT2D eigenvalue weighted by molar-refractivity contribution is 6.34. The minimum absolute atomic E-state index is 0.0243. The Balaban J connectivity index is 1.54. The number of anilines is 1. The first-order valence-corrected chi connectivity index (χ1v) is 16.1. The molecule has 46 heavy (non-hydrogen) atoms. The molecule has 10 nitrogen and oxygen atoms in total. The number of furan rings is 1. The van der Waals surface area contributed by atoms with Crippen molar-refractivity contribution in [2.45, 2.75) is 96.9 Å². The number of hydrogen-bond acceptors (Lipinski definition) is 8. The van der Waals surface area contributed by atoms with Gasteiger partial charge in [0.05, 0.1) is 23.2 Å². The van der Waals surface area contributed by atoms with Gasteiger partial charge in [0.15, 0.2) is 0 Å². The SMILES string of the molecule is CCc1ccc(C(=O)OC2CC(=O)N(C)c3cc(cc(C)c3Cl)C/C(C)=C/C=C/C(C)C3(O)CC(OC(=O)N3)C(C)C3OC23C)o1. The molecule has 1 aromatic heterocycles. The molecule has 5 rings (SSSR count). The molecule has 1 aromatic carbocycles. The van der Waals surface area contributed by atoms with Crippen LogP contribution in [-0.2, 0) is 31.8 Å². The number of alkyl carbamates (subject to hydrolysis) is 1. The Bertz CT molecular complexity index is 1580. The van der Waals surface area contributed by atoms with Crippen molar-refractivity contribution in [3.05, 3.63) is 75.7 Å². The molecule has 2 N–H and O–H groups in total. The number of esters is 1. The molecular weight excluding hydrogens is 612 g/mol. The van der Waals surface area contributed by atoms with Crippen molar-refractivity contribution >= 4 is 35.3 Å². The molecule has 3 aliphatic rings. The summed E-state index contributed by atoms with van der Waals surface area (Å²) in [6.45, 7) is 11.3. The highest BCUT2D eigenvalue weighted by atomic mass is 35.5. The smallest absolute Gasteiger partial charge is 0.409 e. The minimum atomic E-state index is -1.57. The fourth-order valence-corrected chi connectivity index (χ4v) is 6.65. The molecule has 7 atom stereocenters. The van der Waals surface area contributed by atoms with Gasteiger partial charge < -0.3 is 28.6 Å². The predicted octanol–water partition coefficient (Wildman–Crippen LogP) is 6.06. The van der Waals surface area contributed by atoms with E-state index in [0.29, 0.717) is 29.3 Å². The van der Waals surface area contributed by atoms with Crippen molar-refractivity contribution in [2.75, 3.05) is 11.9 Å². The number of allylic oxidation sites excluding steroid dienone is 3. The van der Waals surface area contributed by atoms with Crippen molar-refractivity contribution < 1.29 is 38.1 Å². The van der Waals surface area contributed by atoms with E-state index in [-0.39, 0.29) is 24.5 Å². The van der Waals surface area contributed by atoms with Gasteiger partial charge in [0.1, 0.15) is 29.3 Å². The fourth-order valence-electron chi connectivity index (χ4n) is 6.41. The molecule has 0 radical (unpaired) electrons. The second-order valence-corrected chi connectivity index (χ2v) is 13.4. The molecule has 3 aliphatic heterocycles. The number of halogens is 1. The number of ether oxygens (including phenoxy) is 3. The zero-order valence-corrected chi connectivity index (χ0v) is 28.1. The molecule has 7 unspecified atom stereocenters. The maximum atomic E-state index is 13.9. The van der Waals surface area contributed by atoms with Gasteiger partial charge in [-0.3, -0.25) is 10.1 Å². The van der Waals surface area contributed by atoms with Crippen LogP contribution in [0.3, 0.4) is 0 Å². The van der Waals surface area contributed by atoms with E-state index in [1.54, 1.807) is 26.1 Å². The van der Waals surface area contributed by atoms with Gasteiger partial charge in [-0.2, -0.15) is 0 Å². The van der Waals surface area contributed by atoms with Gasteiger partial charge in [-0.1, -0.05) is 62.2 Å². The van der Waals surface area contributed by atoms with Crippen LogP contribution in [-0.4, -0.2) is 59.8 Å². The lowest BCUT2D eigenvalue weighted by molar-refractivity contribution is -0.121. The number of epoxide rings is 1. The van der Waals surface area contributed by atoms with Crippen LogP contribution in [0.4, 0.5) is 10.5 Å². The van der Waals surface area contributed by atoms with Crippen LogP contribution in [0.5, 0.6) is 0 Å². The Morgan fingerprint density at radius 2 is 1.96 bits per heavy atom. The Kier molecular flexibility index (Phi) is 9.46. The van der Waals surface area contributed by atoms with Crippen LogP contribution in [0, 0.1) is 18.8 Å². The summed E-state index contributed by atoms with van der Waals surface area (Å²) in [5.41, 5.74) is 0.699. The molecule has 2 amide bonds. The Morgan fingerprint density at radius 1 is 1.22 bits per heavy atom. The van der Waals surface area contributed by atoms with Gasteiger partial charge >= 0.3 is 12.1 Å². The zero-order valence-electron chi connectivity index (χ0n) is 27.4. The number of hydrogen-bond donors (Lipinski definition) is 2. The van der Waals surface area contributed by atoms with E-state index in [1.165, 1.54) is 4.90 Å². The average molecular weight is 655 g/mol. The molecule has 2 aromatic rings. The van der Waals surface area contributed by atoms with E-state index >= 15 is 0 Å². The summed E-state index contributed by atoms with van der Waals surface area (Å²) in [5, 5.41) is 14.6. The first-order chi connectivity index (χ1) is 21.6. The van der Waals surface area contributed by atoms with Gasteiger partial charge in [0, 0.05) is 31.7 Å². The Labute approximate surface area is 274 Å². The van der Waals surface area contributed by atoms with Gasteiger partial charge in [-0.15, -0.1) is 0 Å².